The van der Waals surface area contributed by atoms with Gasteiger partial charge in [0.25, 0.3) is 5.91 Å². The average Bonchev–Trinajstić information content (AvgIpc) is 3.13. The molecule has 0 radical (unpaired) electrons. The van der Waals surface area contributed by atoms with Gasteiger partial charge in [0.1, 0.15) is 0 Å². The number of hydrogen-bond acceptors (Lipinski definition) is 2. The Labute approximate surface area is 118 Å². The zero-order valence-electron chi connectivity index (χ0n) is 11.8. The molecule has 1 aromatic heterocycles. The van der Waals surface area contributed by atoms with Crippen molar-refractivity contribution in [2.45, 2.75) is 19.4 Å². The lowest BCUT2D eigenvalue weighted by Crippen LogP contribution is -2.27. The molecule has 1 aliphatic rings. The van der Waals surface area contributed by atoms with Crippen LogP contribution in [0.3, 0.4) is 0 Å². The fraction of sp³-hybridized carbons (Fsp3) is 0.438. The van der Waals surface area contributed by atoms with Crippen LogP contribution in [-0.2, 0) is 11.3 Å². The van der Waals surface area contributed by atoms with Gasteiger partial charge in [0.15, 0.2) is 0 Å². The minimum Gasteiger partial charge on any atom is -0.383 e. The molecule has 1 amide bonds. The van der Waals surface area contributed by atoms with Gasteiger partial charge in [-0.25, -0.2) is 0 Å². The molecule has 4 heteroatoms. The van der Waals surface area contributed by atoms with Crippen LogP contribution in [0, 0.1) is 0 Å². The Morgan fingerprint density at radius 2 is 2.05 bits per heavy atom. The highest BCUT2D eigenvalue weighted by Gasteiger charge is 2.19. The Kier molecular flexibility index (Phi) is 3.74. The van der Waals surface area contributed by atoms with Gasteiger partial charge < -0.3 is 14.2 Å². The summed E-state index contributed by atoms with van der Waals surface area (Å²) in [5, 5.41) is 1.17. The van der Waals surface area contributed by atoms with Crippen LogP contribution in [-0.4, -0.2) is 42.2 Å². The molecule has 0 saturated carbocycles. The second-order valence-corrected chi connectivity index (χ2v) is 5.27. The third-order valence-corrected chi connectivity index (χ3v) is 3.95. The van der Waals surface area contributed by atoms with Crippen molar-refractivity contribution in [3.05, 3.63) is 36.0 Å². The molecule has 3 rings (SSSR count). The first kappa shape index (κ1) is 13.2. The molecule has 1 aromatic carbocycles. The van der Waals surface area contributed by atoms with Crippen LogP contribution in [0.1, 0.15) is 23.2 Å². The summed E-state index contributed by atoms with van der Waals surface area (Å²) >= 11 is 0. The van der Waals surface area contributed by atoms with Crippen LogP contribution in [0.15, 0.2) is 30.5 Å². The van der Waals surface area contributed by atoms with E-state index in [0.717, 1.165) is 43.6 Å². The molecule has 0 unspecified atom stereocenters. The number of nitrogens with zero attached hydrogens (tertiary/aromatic N) is 2. The van der Waals surface area contributed by atoms with Crippen molar-refractivity contribution in [1.29, 1.82) is 0 Å². The van der Waals surface area contributed by atoms with Gasteiger partial charge in [0, 0.05) is 44.0 Å². The van der Waals surface area contributed by atoms with E-state index < -0.39 is 0 Å². The summed E-state index contributed by atoms with van der Waals surface area (Å²) in [6, 6.07) is 8.05. The highest BCUT2D eigenvalue weighted by Crippen LogP contribution is 2.20. The van der Waals surface area contributed by atoms with Crippen LogP contribution in [0.25, 0.3) is 10.9 Å². The summed E-state index contributed by atoms with van der Waals surface area (Å²) in [6.45, 7) is 3.26. The lowest BCUT2D eigenvalue weighted by molar-refractivity contribution is 0.0793. The molecule has 2 aromatic rings. The number of amides is 1. The van der Waals surface area contributed by atoms with Crippen molar-refractivity contribution in [3.63, 3.8) is 0 Å². The third kappa shape index (κ3) is 2.43. The molecular weight excluding hydrogens is 252 g/mol. The van der Waals surface area contributed by atoms with Gasteiger partial charge >= 0.3 is 0 Å². The molecular formula is C16H20N2O2. The van der Waals surface area contributed by atoms with E-state index >= 15 is 0 Å². The second kappa shape index (κ2) is 5.67. The topological polar surface area (TPSA) is 34.5 Å². The highest BCUT2D eigenvalue weighted by atomic mass is 16.5. The third-order valence-electron chi connectivity index (χ3n) is 3.95. The summed E-state index contributed by atoms with van der Waals surface area (Å²) in [5.74, 6) is 0.156. The van der Waals surface area contributed by atoms with Crippen LogP contribution in [0.2, 0.25) is 0 Å². The van der Waals surface area contributed by atoms with Crippen LogP contribution >= 0.6 is 0 Å². The predicted octanol–water partition coefficient (Wildman–Crippen LogP) is 2.52. The van der Waals surface area contributed by atoms with Gasteiger partial charge in [-0.05, 0) is 36.4 Å². The van der Waals surface area contributed by atoms with Crippen molar-refractivity contribution in [2.75, 3.05) is 26.8 Å². The second-order valence-electron chi connectivity index (χ2n) is 5.27. The SMILES string of the molecule is COCCn1ccc2ccc(C(=O)N3CCCC3)cc21. The molecule has 2 heterocycles. The Bertz CT molecular complexity index is 612. The van der Waals surface area contributed by atoms with E-state index in [-0.39, 0.29) is 5.91 Å². The number of fused-ring (bicyclic) bond motifs is 1. The van der Waals surface area contributed by atoms with E-state index in [1.165, 1.54) is 5.39 Å². The maximum Gasteiger partial charge on any atom is 0.253 e. The van der Waals surface area contributed by atoms with Gasteiger partial charge in [-0.1, -0.05) is 6.07 Å². The maximum absolute atomic E-state index is 12.4. The minimum absolute atomic E-state index is 0.156. The summed E-state index contributed by atoms with van der Waals surface area (Å²) in [5.41, 5.74) is 1.89. The molecule has 1 fully saturated rings. The zero-order chi connectivity index (χ0) is 13.9. The van der Waals surface area contributed by atoms with Crippen molar-refractivity contribution >= 4 is 16.8 Å². The van der Waals surface area contributed by atoms with E-state index in [2.05, 4.69) is 10.6 Å². The van der Waals surface area contributed by atoms with E-state index in [0.29, 0.717) is 6.61 Å². The zero-order valence-corrected chi connectivity index (χ0v) is 11.8. The Balaban J connectivity index is 1.90. The number of ether oxygens (including phenoxy) is 1. The minimum atomic E-state index is 0.156. The smallest absolute Gasteiger partial charge is 0.253 e. The average molecular weight is 272 g/mol. The summed E-state index contributed by atoms with van der Waals surface area (Å²) in [7, 11) is 1.70. The number of aromatic nitrogens is 1. The van der Waals surface area contributed by atoms with Gasteiger partial charge in [-0.2, -0.15) is 0 Å². The molecule has 0 atom stereocenters. The number of rotatable bonds is 4. The van der Waals surface area contributed by atoms with E-state index in [9.17, 15) is 4.79 Å². The van der Waals surface area contributed by atoms with E-state index in [1.54, 1.807) is 7.11 Å². The normalized spacial score (nSPS) is 15.2. The molecule has 4 nitrogen and oxygen atoms in total. The number of hydrogen-bond donors (Lipinski definition) is 0. The highest BCUT2D eigenvalue weighted by molar-refractivity contribution is 5.98. The summed E-state index contributed by atoms with van der Waals surface area (Å²) in [4.78, 5) is 14.4. The van der Waals surface area contributed by atoms with Gasteiger partial charge in [0.05, 0.1) is 6.61 Å². The summed E-state index contributed by atoms with van der Waals surface area (Å²) < 4.78 is 7.27. The lowest BCUT2D eigenvalue weighted by atomic mass is 10.1. The molecule has 1 aliphatic heterocycles. The molecule has 106 valence electrons. The first-order valence-corrected chi connectivity index (χ1v) is 7.17. The molecule has 1 saturated heterocycles. The first-order valence-electron chi connectivity index (χ1n) is 7.17. The van der Waals surface area contributed by atoms with Crippen LogP contribution < -0.4 is 0 Å². The Hall–Kier alpha value is -1.81. The first-order chi connectivity index (χ1) is 9.79. The fourth-order valence-corrected chi connectivity index (χ4v) is 2.80. The van der Waals surface area contributed by atoms with Crippen LogP contribution in [0.5, 0.6) is 0 Å². The Morgan fingerprint density at radius 3 is 2.80 bits per heavy atom. The number of carbonyl (C=O) groups excluding carboxylic acids is 1. The van der Waals surface area contributed by atoms with Crippen molar-refractivity contribution in [2.24, 2.45) is 0 Å². The molecule has 0 aliphatic carbocycles. The number of methoxy groups -OCH3 is 1. The Morgan fingerprint density at radius 1 is 1.25 bits per heavy atom. The number of likely N-dealkylation sites (tertiary alicyclic amines) is 1. The molecule has 20 heavy (non-hydrogen) atoms. The standard InChI is InChI=1S/C16H20N2O2/c1-20-11-10-17-9-6-13-4-5-14(12-15(13)17)16(19)18-7-2-3-8-18/h4-6,9,12H,2-3,7-8,10-11H2,1H3. The predicted molar refractivity (Wildman–Crippen MR) is 79.0 cm³/mol. The lowest BCUT2D eigenvalue weighted by Gasteiger charge is -2.15. The van der Waals surface area contributed by atoms with Gasteiger partial charge in [-0.15, -0.1) is 0 Å². The molecule has 0 spiro atoms. The van der Waals surface area contributed by atoms with E-state index in [4.69, 9.17) is 4.74 Å². The largest absolute Gasteiger partial charge is 0.383 e. The quantitative estimate of drug-likeness (QED) is 0.857. The number of carbonyl (C=O) groups is 1. The van der Waals surface area contributed by atoms with E-state index in [1.807, 2.05) is 29.3 Å². The maximum atomic E-state index is 12.4. The van der Waals surface area contributed by atoms with Crippen molar-refractivity contribution < 1.29 is 9.53 Å². The fourth-order valence-electron chi connectivity index (χ4n) is 2.80. The summed E-state index contributed by atoms with van der Waals surface area (Å²) in [6.07, 6.45) is 4.30. The molecule has 0 bridgehead atoms. The van der Waals surface area contributed by atoms with Crippen molar-refractivity contribution in [1.82, 2.24) is 9.47 Å². The van der Waals surface area contributed by atoms with Gasteiger partial charge in [0.2, 0.25) is 0 Å². The number of benzene rings is 1. The monoisotopic (exact) mass is 272 g/mol. The van der Waals surface area contributed by atoms with Crippen LogP contribution in [0.4, 0.5) is 0 Å². The van der Waals surface area contributed by atoms with Gasteiger partial charge in [-0.3, -0.25) is 4.79 Å². The molecule has 0 N–H and O–H groups in total. The van der Waals surface area contributed by atoms with Crippen molar-refractivity contribution in [3.8, 4) is 0 Å².